The third-order valence-electron chi connectivity index (χ3n) is 3.51. The zero-order chi connectivity index (χ0) is 16.2. The van der Waals surface area contributed by atoms with E-state index in [1.807, 2.05) is 30.3 Å². The zero-order valence-corrected chi connectivity index (χ0v) is 12.5. The third kappa shape index (κ3) is 3.35. The fourth-order valence-corrected chi connectivity index (χ4v) is 2.22. The number of nitrogens with zero attached hydrogens (tertiary/aromatic N) is 2. The normalized spacial score (nSPS) is 11.0. The van der Waals surface area contributed by atoms with Crippen LogP contribution in [0.4, 0.5) is 0 Å². The summed E-state index contributed by atoms with van der Waals surface area (Å²) in [5.41, 5.74) is 4.71. The van der Waals surface area contributed by atoms with Crippen molar-refractivity contribution < 1.29 is 9.90 Å². The fraction of sp³-hybridized carbons (Fsp3) is 0.0556. The van der Waals surface area contributed by atoms with Crippen LogP contribution in [0.25, 0.3) is 23.3 Å². The van der Waals surface area contributed by atoms with Crippen LogP contribution in [-0.2, 0) is 0 Å². The highest BCUT2D eigenvalue weighted by Gasteiger charge is 2.12. The summed E-state index contributed by atoms with van der Waals surface area (Å²) < 4.78 is 0. The average Bonchev–Trinajstić information content (AvgIpc) is 3.03. The largest absolute Gasteiger partial charge is 0.476 e. The molecule has 0 saturated heterocycles. The van der Waals surface area contributed by atoms with Crippen molar-refractivity contribution in [1.29, 1.82) is 0 Å². The molecule has 3 rings (SSSR count). The number of aryl methyl sites for hydroxylation is 1. The van der Waals surface area contributed by atoms with Gasteiger partial charge in [-0.05, 0) is 29.7 Å². The summed E-state index contributed by atoms with van der Waals surface area (Å²) in [5.74, 6) is -1.10. The van der Waals surface area contributed by atoms with Gasteiger partial charge >= 0.3 is 5.97 Å². The van der Waals surface area contributed by atoms with Gasteiger partial charge in [-0.25, -0.2) is 4.79 Å². The number of rotatable bonds is 4. The van der Waals surface area contributed by atoms with Gasteiger partial charge in [-0.1, -0.05) is 60.2 Å². The number of aromatic carboxylic acids is 1. The zero-order valence-electron chi connectivity index (χ0n) is 12.5. The third-order valence-corrected chi connectivity index (χ3v) is 3.51. The number of carboxylic acids is 1. The van der Waals surface area contributed by atoms with E-state index in [9.17, 15) is 4.79 Å². The fourth-order valence-electron chi connectivity index (χ4n) is 2.22. The van der Waals surface area contributed by atoms with Gasteiger partial charge in [0.2, 0.25) is 0 Å². The summed E-state index contributed by atoms with van der Waals surface area (Å²) in [4.78, 5) is 11.0. The van der Waals surface area contributed by atoms with Crippen molar-refractivity contribution in [2.75, 3.05) is 0 Å². The molecule has 0 atom stereocenters. The predicted octanol–water partition coefficient (Wildman–Crippen LogP) is 3.65. The molecule has 0 amide bonds. The van der Waals surface area contributed by atoms with E-state index in [2.05, 4.69) is 46.6 Å². The molecule has 0 radical (unpaired) electrons. The first-order valence-electron chi connectivity index (χ1n) is 7.13. The van der Waals surface area contributed by atoms with Crippen LogP contribution in [0.5, 0.6) is 0 Å². The summed E-state index contributed by atoms with van der Waals surface area (Å²) in [6.07, 6.45) is 3.44. The molecule has 5 nitrogen and oxygen atoms in total. The van der Waals surface area contributed by atoms with Crippen LogP contribution in [0.3, 0.4) is 0 Å². The quantitative estimate of drug-likeness (QED) is 0.771. The molecular weight excluding hydrogens is 290 g/mol. The van der Waals surface area contributed by atoms with Crippen LogP contribution in [-0.4, -0.2) is 26.5 Å². The number of aromatic nitrogens is 3. The molecule has 2 N–H and O–H groups in total. The Bertz CT molecular complexity index is 847. The summed E-state index contributed by atoms with van der Waals surface area (Å²) in [6, 6.07) is 16.4. The van der Waals surface area contributed by atoms with Gasteiger partial charge in [0.05, 0.1) is 0 Å². The molecule has 0 saturated carbocycles. The van der Waals surface area contributed by atoms with Gasteiger partial charge in [0.25, 0.3) is 0 Å². The lowest BCUT2D eigenvalue weighted by Crippen LogP contribution is -1.98. The maximum Gasteiger partial charge on any atom is 0.358 e. The van der Waals surface area contributed by atoms with Gasteiger partial charge < -0.3 is 5.11 Å². The van der Waals surface area contributed by atoms with Crippen molar-refractivity contribution >= 4 is 18.1 Å². The first-order chi connectivity index (χ1) is 11.1. The topological polar surface area (TPSA) is 78.9 Å². The minimum Gasteiger partial charge on any atom is -0.476 e. The molecule has 0 bridgehead atoms. The Morgan fingerprint density at radius 3 is 2.17 bits per heavy atom. The predicted molar refractivity (Wildman–Crippen MR) is 88.9 cm³/mol. The Labute approximate surface area is 133 Å². The molecule has 23 heavy (non-hydrogen) atoms. The molecule has 1 heterocycles. The van der Waals surface area contributed by atoms with Crippen molar-refractivity contribution in [1.82, 2.24) is 15.4 Å². The number of carboxylic acid groups (broad SMARTS) is 1. The molecular formula is C18H15N3O2. The standard InChI is InChI=1S/C18H15N3O2/c1-12-2-7-14(8-3-12)15-9-4-13(5-10-15)6-11-16-17(18(22)23)20-21-19-16/h2-11H,1H3,(H,22,23)(H,19,20,21). The Hall–Kier alpha value is -3.21. The molecule has 2 aromatic carbocycles. The van der Waals surface area contributed by atoms with Crippen molar-refractivity contribution in [2.45, 2.75) is 6.92 Å². The molecule has 0 fully saturated rings. The van der Waals surface area contributed by atoms with E-state index in [1.165, 1.54) is 5.56 Å². The number of carbonyl (C=O) groups is 1. The Balaban J connectivity index is 1.79. The minimum absolute atomic E-state index is 0.0856. The van der Waals surface area contributed by atoms with Gasteiger partial charge in [0, 0.05) is 0 Å². The van der Waals surface area contributed by atoms with E-state index in [-0.39, 0.29) is 5.69 Å². The van der Waals surface area contributed by atoms with Crippen LogP contribution in [0, 0.1) is 6.92 Å². The van der Waals surface area contributed by atoms with Crippen LogP contribution in [0.15, 0.2) is 48.5 Å². The molecule has 1 aromatic heterocycles. The van der Waals surface area contributed by atoms with Gasteiger partial charge in [-0.15, -0.1) is 5.10 Å². The van der Waals surface area contributed by atoms with E-state index >= 15 is 0 Å². The second-order valence-corrected chi connectivity index (χ2v) is 5.18. The van der Waals surface area contributed by atoms with Crippen molar-refractivity contribution in [2.24, 2.45) is 0 Å². The van der Waals surface area contributed by atoms with Crippen LogP contribution in [0.2, 0.25) is 0 Å². The van der Waals surface area contributed by atoms with Crippen LogP contribution in [0.1, 0.15) is 27.3 Å². The average molecular weight is 305 g/mol. The lowest BCUT2D eigenvalue weighted by molar-refractivity contribution is 0.0690. The van der Waals surface area contributed by atoms with Gasteiger partial charge in [0.1, 0.15) is 5.69 Å². The highest BCUT2D eigenvalue weighted by Crippen LogP contribution is 2.21. The minimum atomic E-state index is -1.10. The monoisotopic (exact) mass is 305 g/mol. The molecule has 114 valence electrons. The van der Waals surface area contributed by atoms with Crippen molar-refractivity contribution in [3.63, 3.8) is 0 Å². The molecule has 3 aromatic rings. The molecule has 0 unspecified atom stereocenters. The molecule has 0 aliphatic heterocycles. The number of hydrogen-bond donors (Lipinski definition) is 2. The Kier molecular flexibility index (Phi) is 4.01. The van der Waals surface area contributed by atoms with E-state index in [4.69, 9.17) is 5.11 Å². The maximum atomic E-state index is 11.0. The molecule has 0 spiro atoms. The van der Waals surface area contributed by atoms with E-state index in [0.717, 1.165) is 16.7 Å². The lowest BCUT2D eigenvalue weighted by Gasteiger charge is -2.03. The maximum absolute atomic E-state index is 11.0. The summed E-state index contributed by atoms with van der Waals surface area (Å²) in [5, 5.41) is 18.7. The van der Waals surface area contributed by atoms with Crippen LogP contribution >= 0.6 is 0 Å². The van der Waals surface area contributed by atoms with Crippen molar-refractivity contribution in [3.8, 4) is 11.1 Å². The van der Waals surface area contributed by atoms with Gasteiger partial charge in [-0.2, -0.15) is 10.3 Å². The number of benzene rings is 2. The number of aromatic amines is 1. The Morgan fingerprint density at radius 1 is 0.957 bits per heavy atom. The second kappa shape index (κ2) is 6.27. The van der Waals surface area contributed by atoms with Crippen LogP contribution < -0.4 is 0 Å². The highest BCUT2D eigenvalue weighted by molar-refractivity contribution is 5.90. The molecule has 0 aliphatic rings. The van der Waals surface area contributed by atoms with Crippen molar-refractivity contribution in [3.05, 3.63) is 71.0 Å². The molecule has 0 aliphatic carbocycles. The number of nitrogens with one attached hydrogen (secondary N) is 1. The first kappa shape index (κ1) is 14.7. The summed E-state index contributed by atoms with van der Waals surface area (Å²) in [7, 11) is 0. The van der Waals surface area contributed by atoms with E-state index in [1.54, 1.807) is 6.08 Å². The SMILES string of the molecule is Cc1ccc(-c2ccc(C=Cc3n[nH]nc3C(=O)O)cc2)cc1. The van der Waals surface area contributed by atoms with E-state index in [0.29, 0.717) is 5.69 Å². The first-order valence-corrected chi connectivity index (χ1v) is 7.13. The smallest absolute Gasteiger partial charge is 0.358 e. The summed E-state index contributed by atoms with van der Waals surface area (Å²) >= 11 is 0. The Morgan fingerprint density at radius 2 is 1.57 bits per heavy atom. The molecule has 5 heteroatoms. The number of H-pyrrole nitrogens is 1. The number of hydrogen-bond acceptors (Lipinski definition) is 3. The van der Waals surface area contributed by atoms with Gasteiger partial charge in [0.15, 0.2) is 5.69 Å². The lowest BCUT2D eigenvalue weighted by atomic mass is 10.0. The second-order valence-electron chi connectivity index (χ2n) is 5.18. The van der Waals surface area contributed by atoms with E-state index < -0.39 is 5.97 Å². The highest BCUT2D eigenvalue weighted by atomic mass is 16.4. The van der Waals surface area contributed by atoms with Gasteiger partial charge in [-0.3, -0.25) is 0 Å². The summed E-state index contributed by atoms with van der Waals surface area (Å²) in [6.45, 7) is 2.06.